The standard InChI is InChI=1S/C20H20N2O3S/c1-23-17-11-15(12-18(24-2)20(17)25-3)16-9-10-19(22-21-16)26-13-14-7-5-4-6-8-14/h4-12H,13H2,1-3H3. The van der Waals surface area contributed by atoms with Crippen molar-refractivity contribution in [2.24, 2.45) is 0 Å². The summed E-state index contributed by atoms with van der Waals surface area (Å²) >= 11 is 1.66. The minimum Gasteiger partial charge on any atom is -0.493 e. The van der Waals surface area contributed by atoms with E-state index in [-0.39, 0.29) is 0 Å². The van der Waals surface area contributed by atoms with Crippen LogP contribution in [0.4, 0.5) is 0 Å². The van der Waals surface area contributed by atoms with Gasteiger partial charge in [0.15, 0.2) is 11.5 Å². The van der Waals surface area contributed by atoms with Crippen LogP contribution in [0.25, 0.3) is 11.3 Å². The molecule has 0 atom stereocenters. The van der Waals surface area contributed by atoms with Crippen LogP contribution >= 0.6 is 11.8 Å². The molecule has 0 aliphatic carbocycles. The molecule has 0 saturated carbocycles. The number of thioether (sulfide) groups is 1. The second-order valence-corrected chi connectivity index (χ2v) is 6.44. The summed E-state index contributed by atoms with van der Waals surface area (Å²) in [5.41, 5.74) is 2.85. The van der Waals surface area contributed by atoms with Gasteiger partial charge >= 0.3 is 0 Å². The lowest BCUT2D eigenvalue weighted by Gasteiger charge is -2.13. The lowest BCUT2D eigenvalue weighted by atomic mass is 10.1. The molecule has 134 valence electrons. The van der Waals surface area contributed by atoms with Gasteiger partial charge in [-0.2, -0.15) is 0 Å². The third-order valence-electron chi connectivity index (χ3n) is 3.83. The monoisotopic (exact) mass is 368 g/mol. The molecule has 3 rings (SSSR count). The Bertz CT molecular complexity index is 830. The highest BCUT2D eigenvalue weighted by molar-refractivity contribution is 7.98. The second-order valence-electron chi connectivity index (χ2n) is 5.45. The van der Waals surface area contributed by atoms with Crippen LogP contribution in [0.5, 0.6) is 17.2 Å². The molecule has 5 nitrogen and oxygen atoms in total. The normalized spacial score (nSPS) is 10.4. The van der Waals surface area contributed by atoms with Crippen molar-refractivity contribution in [1.29, 1.82) is 0 Å². The Morgan fingerprint density at radius 2 is 1.50 bits per heavy atom. The lowest BCUT2D eigenvalue weighted by molar-refractivity contribution is 0.324. The van der Waals surface area contributed by atoms with Gasteiger partial charge in [-0.15, -0.1) is 10.2 Å². The number of nitrogens with zero attached hydrogens (tertiary/aromatic N) is 2. The van der Waals surface area contributed by atoms with E-state index < -0.39 is 0 Å². The van der Waals surface area contributed by atoms with Gasteiger partial charge in [-0.25, -0.2) is 0 Å². The van der Waals surface area contributed by atoms with Crippen molar-refractivity contribution < 1.29 is 14.2 Å². The van der Waals surface area contributed by atoms with Crippen LogP contribution in [-0.2, 0) is 5.75 Å². The highest BCUT2D eigenvalue weighted by Crippen LogP contribution is 2.40. The summed E-state index contributed by atoms with van der Waals surface area (Å²) in [5, 5.41) is 9.55. The van der Waals surface area contributed by atoms with E-state index in [2.05, 4.69) is 22.3 Å². The number of benzene rings is 2. The molecule has 1 heterocycles. The molecule has 0 saturated heterocycles. The first-order valence-electron chi connectivity index (χ1n) is 8.06. The van der Waals surface area contributed by atoms with Crippen molar-refractivity contribution in [3.8, 4) is 28.5 Å². The third kappa shape index (κ3) is 4.08. The van der Waals surface area contributed by atoms with Gasteiger partial charge in [-0.3, -0.25) is 0 Å². The molecule has 2 aromatic carbocycles. The fourth-order valence-corrected chi connectivity index (χ4v) is 3.28. The Balaban J connectivity index is 1.80. The van der Waals surface area contributed by atoms with Gasteiger partial charge < -0.3 is 14.2 Å². The third-order valence-corrected chi connectivity index (χ3v) is 4.82. The zero-order chi connectivity index (χ0) is 18.4. The average molecular weight is 368 g/mol. The molecular formula is C20H20N2O3S. The number of aromatic nitrogens is 2. The minimum absolute atomic E-state index is 0.557. The van der Waals surface area contributed by atoms with Crippen LogP contribution in [0.1, 0.15) is 5.56 Å². The van der Waals surface area contributed by atoms with Gasteiger partial charge in [-0.05, 0) is 29.8 Å². The summed E-state index contributed by atoms with van der Waals surface area (Å²) < 4.78 is 16.1. The summed E-state index contributed by atoms with van der Waals surface area (Å²) in [6.45, 7) is 0. The largest absolute Gasteiger partial charge is 0.493 e. The Morgan fingerprint density at radius 1 is 0.808 bits per heavy atom. The van der Waals surface area contributed by atoms with Crippen LogP contribution < -0.4 is 14.2 Å². The number of methoxy groups -OCH3 is 3. The van der Waals surface area contributed by atoms with E-state index in [0.29, 0.717) is 17.2 Å². The van der Waals surface area contributed by atoms with Crippen LogP contribution in [0, 0.1) is 0 Å². The predicted molar refractivity (Wildman–Crippen MR) is 103 cm³/mol. The smallest absolute Gasteiger partial charge is 0.203 e. The summed E-state index contributed by atoms with van der Waals surface area (Å²) in [5.74, 6) is 2.60. The van der Waals surface area contributed by atoms with Crippen molar-refractivity contribution in [1.82, 2.24) is 10.2 Å². The van der Waals surface area contributed by atoms with Crippen molar-refractivity contribution in [2.75, 3.05) is 21.3 Å². The van der Waals surface area contributed by atoms with E-state index >= 15 is 0 Å². The molecule has 0 unspecified atom stereocenters. The van der Waals surface area contributed by atoms with E-state index in [1.165, 1.54) is 5.56 Å². The Labute approximate surface area is 157 Å². The zero-order valence-electron chi connectivity index (χ0n) is 14.9. The summed E-state index contributed by atoms with van der Waals surface area (Å²) in [6.07, 6.45) is 0. The molecule has 6 heteroatoms. The number of rotatable bonds is 7. The summed E-state index contributed by atoms with van der Waals surface area (Å²) in [6, 6.07) is 17.9. The van der Waals surface area contributed by atoms with Gasteiger partial charge in [-0.1, -0.05) is 42.1 Å². The first kappa shape index (κ1) is 18.1. The molecule has 0 aliphatic heterocycles. The molecular weight excluding hydrogens is 348 g/mol. The van der Waals surface area contributed by atoms with Crippen molar-refractivity contribution in [2.45, 2.75) is 10.8 Å². The average Bonchev–Trinajstić information content (AvgIpc) is 2.72. The van der Waals surface area contributed by atoms with Crippen LogP contribution in [0.2, 0.25) is 0 Å². The molecule has 26 heavy (non-hydrogen) atoms. The molecule has 0 amide bonds. The van der Waals surface area contributed by atoms with E-state index in [0.717, 1.165) is 22.0 Å². The molecule has 0 spiro atoms. The fraction of sp³-hybridized carbons (Fsp3) is 0.200. The van der Waals surface area contributed by atoms with Crippen molar-refractivity contribution >= 4 is 11.8 Å². The van der Waals surface area contributed by atoms with E-state index in [1.807, 2.05) is 42.5 Å². The van der Waals surface area contributed by atoms with Crippen molar-refractivity contribution in [3.63, 3.8) is 0 Å². The van der Waals surface area contributed by atoms with Gasteiger partial charge in [0.2, 0.25) is 5.75 Å². The lowest BCUT2D eigenvalue weighted by Crippen LogP contribution is -1.97. The number of hydrogen-bond donors (Lipinski definition) is 0. The topological polar surface area (TPSA) is 53.5 Å². The van der Waals surface area contributed by atoms with Gasteiger partial charge in [0.1, 0.15) is 5.03 Å². The molecule has 0 bridgehead atoms. The first-order valence-corrected chi connectivity index (χ1v) is 9.04. The predicted octanol–water partition coefficient (Wildman–Crippen LogP) is 4.46. The van der Waals surface area contributed by atoms with Crippen LogP contribution in [0.15, 0.2) is 59.6 Å². The highest BCUT2D eigenvalue weighted by atomic mass is 32.2. The molecule has 1 aromatic heterocycles. The molecule has 0 N–H and O–H groups in total. The Hall–Kier alpha value is -2.73. The Kier molecular flexibility index (Phi) is 5.96. The van der Waals surface area contributed by atoms with Gasteiger partial charge in [0.05, 0.1) is 27.0 Å². The Morgan fingerprint density at radius 3 is 2.04 bits per heavy atom. The number of hydrogen-bond acceptors (Lipinski definition) is 6. The summed E-state index contributed by atoms with van der Waals surface area (Å²) in [7, 11) is 4.77. The van der Waals surface area contributed by atoms with Crippen molar-refractivity contribution in [3.05, 3.63) is 60.2 Å². The maximum absolute atomic E-state index is 5.39. The summed E-state index contributed by atoms with van der Waals surface area (Å²) in [4.78, 5) is 0. The van der Waals surface area contributed by atoms with Gasteiger partial charge in [0.25, 0.3) is 0 Å². The van der Waals surface area contributed by atoms with Crippen LogP contribution in [-0.4, -0.2) is 31.5 Å². The zero-order valence-corrected chi connectivity index (χ0v) is 15.7. The first-order chi connectivity index (χ1) is 12.7. The van der Waals surface area contributed by atoms with E-state index in [1.54, 1.807) is 33.1 Å². The fourth-order valence-electron chi connectivity index (χ4n) is 2.51. The molecule has 0 aliphatic rings. The quantitative estimate of drug-likeness (QED) is 0.574. The van der Waals surface area contributed by atoms with Gasteiger partial charge in [0, 0.05) is 11.3 Å². The second kappa shape index (κ2) is 8.58. The van der Waals surface area contributed by atoms with E-state index in [4.69, 9.17) is 14.2 Å². The van der Waals surface area contributed by atoms with Crippen LogP contribution in [0.3, 0.4) is 0 Å². The molecule has 0 fully saturated rings. The molecule has 3 aromatic rings. The molecule has 0 radical (unpaired) electrons. The minimum atomic E-state index is 0.557. The SMILES string of the molecule is COc1cc(-c2ccc(SCc3ccccc3)nn2)cc(OC)c1OC. The van der Waals surface area contributed by atoms with E-state index in [9.17, 15) is 0 Å². The maximum atomic E-state index is 5.39. The highest BCUT2D eigenvalue weighted by Gasteiger charge is 2.15. The number of ether oxygens (including phenoxy) is 3. The maximum Gasteiger partial charge on any atom is 0.203 e.